The van der Waals surface area contributed by atoms with E-state index < -0.39 is 32.3 Å². The Morgan fingerprint density at radius 1 is 1.43 bits per heavy atom. The third-order valence-corrected chi connectivity index (χ3v) is 5.02. The van der Waals surface area contributed by atoms with E-state index in [-0.39, 0.29) is 17.5 Å². The molecular weight excluding hydrogens is 321 g/mol. The van der Waals surface area contributed by atoms with Crippen LogP contribution in [-0.2, 0) is 10.0 Å². The fraction of sp³-hybridized carbons (Fsp3) is 0.462. The van der Waals surface area contributed by atoms with E-state index in [0.717, 1.165) is 16.4 Å². The van der Waals surface area contributed by atoms with Gasteiger partial charge in [-0.3, -0.25) is 0 Å². The summed E-state index contributed by atoms with van der Waals surface area (Å²) < 4.78 is 39.8. The van der Waals surface area contributed by atoms with Crippen LogP contribution in [0.1, 0.15) is 30.6 Å². The van der Waals surface area contributed by atoms with Gasteiger partial charge in [0.25, 0.3) is 0 Å². The molecule has 0 fully saturated rings. The van der Waals surface area contributed by atoms with Crippen molar-refractivity contribution in [3.8, 4) is 0 Å². The Hall–Kier alpha value is -1.18. The average Bonchev–Trinajstić information content (AvgIpc) is 2.37. The molecule has 1 N–H and O–H groups in total. The van der Waals surface area contributed by atoms with Crippen LogP contribution < -0.4 is 0 Å². The molecule has 5 nitrogen and oxygen atoms in total. The highest BCUT2D eigenvalue weighted by atomic mass is 35.5. The Balaban J connectivity index is 3.28. The number of carbonyl (C=O) groups is 1. The second kappa shape index (κ2) is 6.72. The number of nitrogens with zero attached hydrogens (tertiary/aromatic N) is 1. The van der Waals surface area contributed by atoms with Gasteiger partial charge >= 0.3 is 5.97 Å². The standard InChI is InChI=1S/C13H17ClFNO4S/c1-8(2)4-5-16(3)21(19,20)11-7-9(14)6-10(12(11)15)13(17)18/h6-8H,4-5H2,1-3H3,(H,17,18). The quantitative estimate of drug-likeness (QED) is 0.866. The van der Waals surface area contributed by atoms with Crippen LogP contribution in [-0.4, -0.2) is 37.4 Å². The highest BCUT2D eigenvalue weighted by molar-refractivity contribution is 7.89. The van der Waals surface area contributed by atoms with Crippen molar-refractivity contribution in [3.05, 3.63) is 28.5 Å². The van der Waals surface area contributed by atoms with Crippen LogP contribution in [0.25, 0.3) is 0 Å². The number of rotatable bonds is 6. The SMILES string of the molecule is CC(C)CCN(C)S(=O)(=O)c1cc(Cl)cc(C(=O)O)c1F. The predicted octanol–water partition coefficient (Wildman–Crippen LogP) is 2.84. The largest absolute Gasteiger partial charge is 0.478 e. The molecule has 1 rings (SSSR count). The minimum absolute atomic E-state index is 0.148. The Morgan fingerprint density at radius 3 is 2.48 bits per heavy atom. The first-order valence-corrected chi connectivity index (χ1v) is 8.07. The highest BCUT2D eigenvalue weighted by Crippen LogP contribution is 2.26. The molecule has 0 saturated carbocycles. The fourth-order valence-corrected chi connectivity index (χ4v) is 3.21. The topological polar surface area (TPSA) is 74.7 Å². The molecule has 1 aromatic rings. The summed E-state index contributed by atoms with van der Waals surface area (Å²) in [5.41, 5.74) is -0.765. The minimum Gasteiger partial charge on any atom is -0.478 e. The smallest absolute Gasteiger partial charge is 0.338 e. The van der Waals surface area contributed by atoms with E-state index >= 15 is 0 Å². The molecule has 0 spiro atoms. The van der Waals surface area contributed by atoms with E-state index in [9.17, 15) is 17.6 Å². The summed E-state index contributed by atoms with van der Waals surface area (Å²) in [6, 6.07) is 1.80. The minimum atomic E-state index is -4.13. The van der Waals surface area contributed by atoms with Gasteiger partial charge in [-0.1, -0.05) is 25.4 Å². The Bertz CT molecular complexity index is 646. The molecule has 0 aliphatic carbocycles. The second-order valence-electron chi connectivity index (χ2n) is 5.08. The van der Waals surface area contributed by atoms with Crippen molar-refractivity contribution in [2.24, 2.45) is 5.92 Å². The van der Waals surface area contributed by atoms with Crippen LogP contribution >= 0.6 is 11.6 Å². The lowest BCUT2D eigenvalue weighted by Gasteiger charge is -2.19. The average molecular weight is 338 g/mol. The van der Waals surface area contributed by atoms with Crippen molar-refractivity contribution in [2.75, 3.05) is 13.6 Å². The number of halogens is 2. The van der Waals surface area contributed by atoms with Crippen molar-refractivity contribution in [1.29, 1.82) is 0 Å². The van der Waals surface area contributed by atoms with E-state index in [0.29, 0.717) is 6.42 Å². The Kier molecular flexibility index (Phi) is 5.72. The number of carboxylic acids is 1. The van der Waals surface area contributed by atoms with Gasteiger partial charge in [0.05, 0.1) is 5.56 Å². The molecule has 0 bridgehead atoms. The van der Waals surface area contributed by atoms with Crippen LogP contribution in [0.2, 0.25) is 5.02 Å². The first-order valence-electron chi connectivity index (χ1n) is 6.26. The molecule has 0 amide bonds. The van der Waals surface area contributed by atoms with Gasteiger partial charge in [0.15, 0.2) is 5.82 Å². The number of carboxylic acid groups (broad SMARTS) is 1. The molecule has 8 heteroatoms. The molecule has 0 aromatic heterocycles. The molecule has 0 saturated heterocycles. The second-order valence-corrected chi connectivity index (χ2v) is 7.53. The lowest BCUT2D eigenvalue weighted by Crippen LogP contribution is -2.29. The van der Waals surface area contributed by atoms with Gasteiger partial charge in [-0.05, 0) is 24.5 Å². The monoisotopic (exact) mass is 337 g/mol. The van der Waals surface area contributed by atoms with Crippen LogP contribution in [0.15, 0.2) is 17.0 Å². The maximum atomic E-state index is 14.1. The van der Waals surface area contributed by atoms with Crippen molar-refractivity contribution < 1.29 is 22.7 Å². The molecule has 0 radical (unpaired) electrons. The highest BCUT2D eigenvalue weighted by Gasteiger charge is 2.28. The normalized spacial score (nSPS) is 12.1. The van der Waals surface area contributed by atoms with Gasteiger partial charge in [0.1, 0.15) is 4.90 Å². The Morgan fingerprint density at radius 2 is 2.00 bits per heavy atom. The fourth-order valence-electron chi connectivity index (χ4n) is 1.64. The van der Waals surface area contributed by atoms with E-state index in [1.807, 2.05) is 13.8 Å². The molecule has 0 unspecified atom stereocenters. The van der Waals surface area contributed by atoms with E-state index in [2.05, 4.69) is 0 Å². The summed E-state index contributed by atoms with van der Waals surface area (Å²) in [5.74, 6) is -2.60. The zero-order valence-electron chi connectivity index (χ0n) is 11.9. The number of sulfonamides is 1. The summed E-state index contributed by atoms with van der Waals surface area (Å²) in [4.78, 5) is 10.2. The van der Waals surface area contributed by atoms with Crippen molar-refractivity contribution in [2.45, 2.75) is 25.2 Å². The molecule has 0 aliphatic heterocycles. The number of benzene rings is 1. The van der Waals surface area contributed by atoms with E-state index in [1.54, 1.807) is 0 Å². The summed E-state index contributed by atoms with van der Waals surface area (Å²) in [7, 11) is -2.82. The van der Waals surface area contributed by atoms with Gasteiger partial charge < -0.3 is 5.11 Å². The zero-order chi connectivity index (χ0) is 16.4. The van der Waals surface area contributed by atoms with E-state index in [4.69, 9.17) is 16.7 Å². The molecule has 21 heavy (non-hydrogen) atoms. The van der Waals surface area contributed by atoms with E-state index in [1.165, 1.54) is 7.05 Å². The number of hydrogen-bond acceptors (Lipinski definition) is 3. The summed E-state index contributed by atoms with van der Waals surface area (Å²) >= 11 is 5.69. The maximum absolute atomic E-state index is 14.1. The van der Waals surface area contributed by atoms with Crippen LogP contribution in [0, 0.1) is 11.7 Å². The molecular formula is C13H17ClFNO4S. The van der Waals surface area contributed by atoms with Crippen LogP contribution in [0.4, 0.5) is 4.39 Å². The van der Waals surface area contributed by atoms with Crippen molar-refractivity contribution in [1.82, 2.24) is 4.31 Å². The van der Waals surface area contributed by atoms with Gasteiger partial charge in [-0.15, -0.1) is 0 Å². The van der Waals surface area contributed by atoms with Gasteiger partial charge in [0, 0.05) is 18.6 Å². The van der Waals surface area contributed by atoms with Crippen LogP contribution in [0.3, 0.4) is 0 Å². The third kappa shape index (κ3) is 4.15. The van der Waals surface area contributed by atoms with Gasteiger partial charge in [0.2, 0.25) is 10.0 Å². The molecule has 0 heterocycles. The third-order valence-electron chi connectivity index (χ3n) is 2.94. The van der Waals surface area contributed by atoms with Gasteiger partial charge in [-0.2, -0.15) is 0 Å². The summed E-state index contributed by atoms with van der Waals surface area (Å²) in [5, 5.41) is 8.74. The Labute approximate surface area is 128 Å². The summed E-state index contributed by atoms with van der Waals surface area (Å²) in [6.45, 7) is 4.07. The molecule has 0 atom stereocenters. The predicted molar refractivity (Wildman–Crippen MR) is 77.6 cm³/mol. The van der Waals surface area contributed by atoms with Gasteiger partial charge in [-0.25, -0.2) is 21.9 Å². The molecule has 118 valence electrons. The lowest BCUT2D eigenvalue weighted by atomic mass is 10.1. The summed E-state index contributed by atoms with van der Waals surface area (Å²) in [6.07, 6.45) is 0.601. The zero-order valence-corrected chi connectivity index (χ0v) is 13.5. The molecule has 1 aromatic carbocycles. The molecule has 0 aliphatic rings. The van der Waals surface area contributed by atoms with Crippen molar-refractivity contribution in [3.63, 3.8) is 0 Å². The lowest BCUT2D eigenvalue weighted by molar-refractivity contribution is 0.0691. The number of aromatic carboxylic acids is 1. The van der Waals surface area contributed by atoms with Crippen LogP contribution in [0.5, 0.6) is 0 Å². The first kappa shape index (κ1) is 17.9. The number of hydrogen-bond donors (Lipinski definition) is 1. The maximum Gasteiger partial charge on any atom is 0.338 e. The first-order chi connectivity index (χ1) is 9.57. The van der Waals surface area contributed by atoms with Crippen molar-refractivity contribution >= 4 is 27.6 Å².